The van der Waals surface area contributed by atoms with E-state index in [1.54, 1.807) is 0 Å². The summed E-state index contributed by atoms with van der Waals surface area (Å²) in [5.74, 6) is 1.80. The van der Waals surface area contributed by atoms with Gasteiger partial charge in [-0.1, -0.05) is 52.4 Å². The zero-order valence-corrected chi connectivity index (χ0v) is 7.97. The van der Waals surface area contributed by atoms with Crippen molar-refractivity contribution in [1.29, 1.82) is 0 Å². The lowest BCUT2D eigenvalue weighted by Gasteiger charge is -2.23. The molecule has 0 aliphatic heterocycles. The Kier molecular flexibility index (Phi) is 3.96. The summed E-state index contributed by atoms with van der Waals surface area (Å²) in [6.07, 6.45) is 11.2. The molecule has 1 radical (unpaired) electrons. The fourth-order valence-electron chi connectivity index (χ4n) is 1.93. The van der Waals surface area contributed by atoms with E-state index < -0.39 is 0 Å². The van der Waals surface area contributed by atoms with Crippen LogP contribution in [0.3, 0.4) is 0 Å². The summed E-state index contributed by atoms with van der Waals surface area (Å²) in [5, 5.41) is 0. The van der Waals surface area contributed by atoms with Crippen LogP contribution in [0, 0.1) is 18.3 Å². The van der Waals surface area contributed by atoms with Crippen molar-refractivity contribution < 1.29 is 0 Å². The van der Waals surface area contributed by atoms with Crippen LogP contribution in [0.25, 0.3) is 0 Å². The Balaban J connectivity index is 2.13. The Hall–Kier alpha value is 0. The molecular weight excluding hydrogens is 132 g/mol. The molecule has 1 aliphatic carbocycles. The summed E-state index contributed by atoms with van der Waals surface area (Å²) in [4.78, 5) is 0. The first-order valence-corrected chi connectivity index (χ1v) is 5.18. The highest BCUT2D eigenvalue weighted by Gasteiger charge is 2.15. The van der Waals surface area contributed by atoms with E-state index in [0.29, 0.717) is 0 Å². The smallest absolute Gasteiger partial charge is 0.0327 e. The van der Waals surface area contributed by atoms with Gasteiger partial charge in [-0.2, -0.15) is 0 Å². The quantitative estimate of drug-likeness (QED) is 0.578. The predicted octanol–water partition coefficient (Wildman–Crippen LogP) is 3.82. The average molecular weight is 153 g/mol. The fourth-order valence-corrected chi connectivity index (χ4v) is 1.93. The summed E-state index contributed by atoms with van der Waals surface area (Å²) >= 11 is 0. The second kappa shape index (κ2) is 4.79. The van der Waals surface area contributed by atoms with Crippen LogP contribution < -0.4 is 0 Å². The monoisotopic (exact) mass is 153 g/mol. The molecule has 1 rings (SSSR count). The Labute approximate surface area is 71.4 Å². The second-order valence-corrected chi connectivity index (χ2v) is 3.98. The largest absolute Gasteiger partial charge is 0.0651 e. The Morgan fingerprint density at radius 2 is 1.91 bits per heavy atom. The summed E-state index contributed by atoms with van der Waals surface area (Å²) < 4.78 is 0. The molecule has 1 aliphatic rings. The molecule has 65 valence electrons. The highest BCUT2D eigenvalue weighted by atomic mass is 14.2. The summed E-state index contributed by atoms with van der Waals surface area (Å²) in [6.45, 7) is 4.62. The van der Waals surface area contributed by atoms with Crippen molar-refractivity contribution in [1.82, 2.24) is 0 Å². The van der Waals surface area contributed by atoms with Crippen molar-refractivity contribution in [2.24, 2.45) is 11.8 Å². The van der Waals surface area contributed by atoms with Crippen molar-refractivity contribution in [3.05, 3.63) is 6.42 Å². The zero-order valence-electron chi connectivity index (χ0n) is 7.97. The molecule has 11 heavy (non-hydrogen) atoms. The van der Waals surface area contributed by atoms with Gasteiger partial charge in [-0.05, 0) is 18.3 Å². The predicted molar refractivity (Wildman–Crippen MR) is 50.3 cm³/mol. The van der Waals surface area contributed by atoms with Gasteiger partial charge in [0.1, 0.15) is 0 Å². The Morgan fingerprint density at radius 1 is 1.27 bits per heavy atom. The van der Waals surface area contributed by atoms with E-state index in [-0.39, 0.29) is 0 Å². The van der Waals surface area contributed by atoms with Gasteiger partial charge >= 0.3 is 0 Å². The first-order chi connectivity index (χ1) is 5.33. The van der Waals surface area contributed by atoms with Crippen LogP contribution in [0.15, 0.2) is 0 Å². The SMILES string of the molecule is CCC(C)[CH]C1CCCCC1. The molecule has 0 heteroatoms. The van der Waals surface area contributed by atoms with Gasteiger partial charge in [0, 0.05) is 0 Å². The molecule has 1 unspecified atom stereocenters. The van der Waals surface area contributed by atoms with Crippen LogP contribution in [-0.4, -0.2) is 0 Å². The van der Waals surface area contributed by atoms with Crippen molar-refractivity contribution in [3.63, 3.8) is 0 Å². The van der Waals surface area contributed by atoms with Crippen LogP contribution in [-0.2, 0) is 0 Å². The van der Waals surface area contributed by atoms with Gasteiger partial charge < -0.3 is 0 Å². The van der Waals surface area contributed by atoms with Crippen LogP contribution in [0.1, 0.15) is 52.4 Å². The van der Waals surface area contributed by atoms with E-state index in [9.17, 15) is 0 Å². The van der Waals surface area contributed by atoms with Gasteiger partial charge in [0.2, 0.25) is 0 Å². The van der Waals surface area contributed by atoms with Gasteiger partial charge in [0.15, 0.2) is 0 Å². The third-order valence-corrected chi connectivity index (χ3v) is 2.89. The van der Waals surface area contributed by atoms with E-state index in [1.165, 1.54) is 38.5 Å². The van der Waals surface area contributed by atoms with E-state index in [0.717, 1.165) is 11.8 Å². The zero-order chi connectivity index (χ0) is 8.10. The second-order valence-electron chi connectivity index (χ2n) is 3.98. The average Bonchev–Trinajstić information content (AvgIpc) is 2.06. The van der Waals surface area contributed by atoms with E-state index in [4.69, 9.17) is 0 Å². The van der Waals surface area contributed by atoms with Gasteiger partial charge in [-0.25, -0.2) is 0 Å². The number of rotatable bonds is 3. The first kappa shape index (κ1) is 9.09. The van der Waals surface area contributed by atoms with Crippen molar-refractivity contribution >= 4 is 0 Å². The van der Waals surface area contributed by atoms with Crippen molar-refractivity contribution in [2.45, 2.75) is 52.4 Å². The summed E-state index contributed by atoms with van der Waals surface area (Å²) in [5.41, 5.74) is 0. The minimum Gasteiger partial charge on any atom is -0.0651 e. The minimum absolute atomic E-state index is 0.845. The van der Waals surface area contributed by atoms with Gasteiger partial charge in [-0.3, -0.25) is 0 Å². The molecule has 1 atom stereocenters. The van der Waals surface area contributed by atoms with Crippen LogP contribution >= 0.6 is 0 Å². The Morgan fingerprint density at radius 3 is 2.45 bits per heavy atom. The van der Waals surface area contributed by atoms with Crippen molar-refractivity contribution in [2.75, 3.05) is 0 Å². The molecule has 0 amide bonds. The third kappa shape index (κ3) is 3.27. The van der Waals surface area contributed by atoms with Crippen molar-refractivity contribution in [3.8, 4) is 0 Å². The molecule has 0 bridgehead atoms. The highest BCUT2D eigenvalue weighted by molar-refractivity contribution is 4.82. The topological polar surface area (TPSA) is 0 Å². The highest BCUT2D eigenvalue weighted by Crippen LogP contribution is 2.28. The van der Waals surface area contributed by atoms with E-state index >= 15 is 0 Å². The standard InChI is InChI=1S/C11H21/c1-3-10(2)9-11-7-5-4-6-8-11/h9-11H,3-8H2,1-2H3. The summed E-state index contributed by atoms with van der Waals surface area (Å²) in [7, 11) is 0. The number of hydrogen-bond donors (Lipinski definition) is 0. The maximum absolute atomic E-state index is 2.58. The maximum atomic E-state index is 2.58. The van der Waals surface area contributed by atoms with Crippen LogP contribution in [0.4, 0.5) is 0 Å². The first-order valence-electron chi connectivity index (χ1n) is 5.18. The molecule has 0 aromatic rings. The molecule has 1 saturated carbocycles. The third-order valence-electron chi connectivity index (χ3n) is 2.89. The molecule has 0 N–H and O–H groups in total. The molecule has 0 nitrogen and oxygen atoms in total. The minimum atomic E-state index is 0.845. The molecule has 0 aromatic carbocycles. The molecular formula is C11H21. The van der Waals surface area contributed by atoms with E-state index in [1.807, 2.05) is 0 Å². The van der Waals surface area contributed by atoms with Crippen LogP contribution in [0.2, 0.25) is 0 Å². The van der Waals surface area contributed by atoms with Gasteiger partial charge in [-0.15, -0.1) is 0 Å². The lowest BCUT2D eigenvalue weighted by Crippen LogP contribution is -2.10. The van der Waals surface area contributed by atoms with Crippen LogP contribution in [0.5, 0.6) is 0 Å². The lowest BCUT2D eigenvalue weighted by atomic mass is 9.83. The lowest BCUT2D eigenvalue weighted by molar-refractivity contribution is 0.367. The maximum Gasteiger partial charge on any atom is -0.0327 e. The van der Waals surface area contributed by atoms with Gasteiger partial charge in [0.05, 0.1) is 0 Å². The number of hydrogen-bond acceptors (Lipinski definition) is 0. The fraction of sp³-hybridized carbons (Fsp3) is 0.909. The van der Waals surface area contributed by atoms with Gasteiger partial charge in [0.25, 0.3) is 0 Å². The molecule has 0 saturated heterocycles. The normalized spacial score (nSPS) is 23.5. The van der Waals surface area contributed by atoms with E-state index in [2.05, 4.69) is 20.3 Å². The molecule has 1 fully saturated rings. The molecule has 0 spiro atoms. The molecule has 0 aromatic heterocycles. The summed E-state index contributed by atoms with van der Waals surface area (Å²) in [6, 6.07) is 0. The Bertz CT molecular complexity index is 90.2. The molecule has 0 heterocycles.